The van der Waals surface area contributed by atoms with Gasteiger partial charge < -0.3 is 15.5 Å². The first-order valence-corrected chi connectivity index (χ1v) is 12.3. The Morgan fingerprint density at radius 1 is 1.06 bits per heavy atom. The summed E-state index contributed by atoms with van der Waals surface area (Å²) < 4.78 is 14.3. The van der Waals surface area contributed by atoms with E-state index in [2.05, 4.69) is 37.6 Å². The second-order valence-corrected chi connectivity index (χ2v) is 9.22. The minimum Gasteiger partial charge on any atom is -0.356 e. The fourth-order valence-corrected chi connectivity index (χ4v) is 4.76. The molecule has 8 heteroatoms. The first-order chi connectivity index (χ1) is 17.2. The monoisotopic (exact) mass is 474 g/mol. The number of anilines is 1. The van der Waals surface area contributed by atoms with E-state index in [9.17, 15) is 9.18 Å². The summed E-state index contributed by atoms with van der Waals surface area (Å²) in [7, 11) is 0. The molecule has 0 radical (unpaired) electrons. The molecular weight excluding hydrogens is 443 g/mol. The van der Waals surface area contributed by atoms with Crippen molar-refractivity contribution in [2.24, 2.45) is 0 Å². The van der Waals surface area contributed by atoms with Gasteiger partial charge in [0.25, 0.3) is 5.91 Å². The molecule has 2 saturated heterocycles. The largest absolute Gasteiger partial charge is 0.356 e. The number of amides is 1. The number of piperazine rings is 1. The van der Waals surface area contributed by atoms with Gasteiger partial charge in [-0.2, -0.15) is 0 Å². The molecule has 182 valence electrons. The number of piperidine rings is 1. The van der Waals surface area contributed by atoms with Gasteiger partial charge in [-0.15, -0.1) is 0 Å². The van der Waals surface area contributed by atoms with Gasteiger partial charge in [-0.3, -0.25) is 14.7 Å². The molecule has 2 aliphatic heterocycles. The van der Waals surface area contributed by atoms with Crippen molar-refractivity contribution in [1.82, 2.24) is 25.5 Å². The Bertz CT molecular complexity index is 1130. The lowest BCUT2D eigenvalue weighted by Crippen LogP contribution is -2.45. The van der Waals surface area contributed by atoms with Crippen LogP contribution in [0.4, 0.5) is 10.2 Å². The van der Waals surface area contributed by atoms with Crippen LogP contribution in [0.1, 0.15) is 28.8 Å². The molecule has 0 saturated carbocycles. The van der Waals surface area contributed by atoms with E-state index in [1.807, 2.05) is 6.20 Å². The van der Waals surface area contributed by atoms with Crippen molar-refractivity contribution in [2.45, 2.75) is 25.4 Å². The Morgan fingerprint density at radius 2 is 1.89 bits per heavy atom. The second-order valence-electron chi connectivity index (χ2n) is 9.22. The summed E-state index contributed by atoms with van der Waals surface area (Å²) in [6.45, 7) is 6.84. The Hall–Kier alpha value is -3.36. The van der Waals surface area contributed by atoms with Crippen molar-refractivity contribution in [2.75, 3.05) is 44.2 Å². The van der Waals surface area contributed by atoms with Crippen LogP contribution in [0.15, 0.2) is 61.1 Å². The van der Waals surface area contributed by atoms with Crippen molar-refractivity contribution in [1.29, 1.82) is 0 Å². The third kappa shape index (κ3) is 5.83. The van der Waals surface area contributed by atoms with E-state index in [1.54, 1.807) is 30.6 Å². The van der Waals surface area contributed by atoms with Crippen LogP contribution in [0.5, 0.6) is 0 Å². The number of benzene rings is 1. The summed E-state index contributed by atoms with van der Waals surface area (Å²) in [6, 6.07) is 12.4. The van der Waals surface area contributed by atoms with Crippen LogP contribution in [0.25, 0.3) is 11.1 Å². The predicted octanol–water partition coefficient (Wildman–Crippen LogP) is 3.09. The number of carbonyl (C=O) groups excluding carboxylic acids is 1. The fourth-order valence-electron chi connectivity index (χ4n) is 4.76. The van der Waals surface area contributed by atoms with E-state index in [0.717, 1.165) is 64.5 Å². The molecule has 0 aliphatic carbocycles. The lowest BCUT2D eigenvalue weighted by Gasteiger charge is -2.33. The van der Waals surface area contributed by atoms with Crippen molar-refractivity contribution in [3.8, 4) is 11.1 Å². The van der Waals surface area contributed by atoms with Gasteiger partial charge in [-0.25, -0.2) is 9.37 Å². The average molecular weight is 475 g/mol. The predicted molar refractivity (Wildman–Crippen MR) is 135 cm³/mol. The summed E-state index contributed by atoms with van der Waals surface area (Å²) in [5.41, 5.74) is 2.73. The van der Waals surface area contributed by atoms with Crippen LogP contribution >= 0.6 is 0 Å². The minimum absolute atomic E-state index is 0.0811. The van der Waals surface area contributed by atoms with E-state index >= 15 is 0 Å². The summed E-state index contributed by atoms with van der Waals surface area (Å²) in [4.78, 5) is 26.4. The maximum absolute atomic E-state index is 14.3. The number of carbonyl (C=O) groups is 1. The number of halogens is 1. The number of pyridine rings is 2. The fraction of sp³-hybridized carbons (Fsp3) is 0.370. The zero-order valence-corrected chi connectivity index (χ0v) is 19.8. The van der Waals surface area contributed by atoms with Gasteiger partial charge in [0.15, 0.2) is 0 Å². The molecule has 5 rings (SSSR count). The van der Waals surface area contributed by atoms with Crippen LogP contribution in [-0.4, -0.2) is 66.1 Å². The second kappa shape index (κ2) is 10.9. The Kier molecular flexibility index (Phi) is 7.30. The molecule has 2 N–H and O–H groups in total. The number of nitrogens with zero attached hydrogens (tertiary/aromatic N) is 4. The molecule has 0 unspecified atom stereocenters. The molecule has 2 fully saturated rings. The van der Waals surface area contributed by atoms with E-state index in [0.29, 0.717) is 16.7 Å². The molecule has 2 aliphatic rings. The quantitative estimate of drug-likeness (QED) is 0.572. The van der Waals surface area contributed by atoms with Gasteiger partial charge in [-0.05, 0) is 48.7 Å². The third-order valence-corrected chi connectivity index (χ3v) is 6.78. The molecule has 0 bridgehead atoms. The Balaban J connectivity index is 1.14. The topological polar surface area (TPSA) is 73.4 Å². The zero-order chi connectivity index (χ0) is 24.0. The molecule has 0 atom stereocenters. The maximum atomic E-state index is 14.3. The lowest BCUT2D eigenvalue weighted by atomic mass is 10.0. The first-order valence-electron chi connectivity index (χ1n) is 12.3. The van der Waals surface area contributed by atoms with Crippen LogP contribution < -0.4 is 15.5 Å². The van der Waals surface area contributed by atoms with Crippen molar-refractivity contribution < 1.29 is 9.18 Å². The standard InChI is InChI=1S/C27H31FN6O/c28-25-5-4-21(16-24(25)22-2-1-9-30-18-22)27(35)32-23-7-12-34(13-8-23)26-6-3-20(17-31-26)19-33-14-10-29-11-15-33/h1-6,9,16-18,23,29H,7-8,10-15,19H2,(H,32,35). The van der Waals surface area contributed by atoms with Gasteiger partial charge in [0.2, 0.25) is 0 Å². The number of nitrogens with one attached hydrogen (secondary N) is 2. The van der Waals surface area contributed by atoms with Gasteiger partial charge in [0.1, 0.15) is 11.6 Å². The molecule has 35 heavy (non-hydrogen) atoms. The van der Waals surface area contributed by atoms with Gasteiger partial charge in [0.05, 0.1) is 0 Å². The van der Waals surface area contributed by atoms with Crippen molar-refractivity contribution in [3.63, 3.8) is 0 Å². The molecule has 4 heterocycles. The Labute approximate surface area is 205 Å². The van der Waals surface area contributed by atoms with E-state index in [-0.39, 0.29) is 17.8 Å². The highest BCUT2D eigenvalue weighted by Crippen LogP contribution is 2.24. The van der Waals surface area contributed by atoms with E-state index in [4.69, 9.17) is 4.98 Å². The Morgan fingerprint density at radius 3 is 2.60 bits per heavy atom. The summed E-state index contributed by atoms with van der Waals surface area (Å²) >= 11 is 0. The smallest absolute Gasteiger partial charge is 0.251 e. The van der Waals surface area contributed by atoms with Gasteiger partial charge >= 0.3 is 0 Å². The van der Waals surface area contributed by atoms with Crippen LogP contribution in [0.3, 0.4) is 0 Å². The summed E-state index contributed by atoms with van der Waals surface area (Å²) in [6.07, 6.45) is 6.90. The average Bonchev–Trinajstić information content (AvgIpc) is 2.91. The SMILES string of the molecule is O=C(NC1CCN(c2ccc(CN3CCNCC3)cn2)CC1)c1ccc(F)c(-c2cccnc2)c1. The highest BCUT2D eigenvalue weighted by Gasteiger charge is 2.23. The highest BCUT2D eigenvalue weighted by atomic mass is 19.1. The lowest BCUT2D eigenvalue weighted by molar-refractivity contribution is 0.0931. The van der Waals surface area contributed by atoms with Crippen LogP contribution in [0.2, 0.25) is 0 Å². The first kappa shape index (κ1) is 23.4. The maximum Gasteiger partial charge on any atom is 0.251 e. The van der Waals surface area contributed by atoms with Crippen molar-refractivity contribution >= 4 is 11.7 Å². The summed E-state index contributed by atoms with van der Waals surface area (Å²) in [5, 5.41) is 6.51. The summed E-state index contributed by atoms with van der Waals surface area (Å²) in [5.74, 6) is 0.441. The van der Waals surface area contributed by atoms with Crippen LogP contribution in [-0.2, 0) is 6.54 Å². The van der Waals surface area contributed by atoms with E-state index in [1.165, 1.54) is 17.7 Å². The van der Waals surface area contributed by atoms with Gasteiger partial charge in [-0.1, -0.05) is 12.1 Å². The van der Waals surface area contributed by atoms with Gasteiger partial charge in [0, 0.05) is 87.1 Å². The molecule has 1 amide bonds. The molecular formula is C27H31FN6O. The van der Waals surface area contributed by atoms with E-state index < -0.39 is 0 Å². The minimum atomic E-state index is -0.366. The normalized spacial score (nSPS) is 17.3. The van der Waals surface area contributed by atoms with Crippen LogP contribution in [0, 0.1) is 5.82 Å². The number of hydrogen-bond acceptors (Lipinski definition) is 6. The number of rotatable bonds is 6. The molecule has 3 aromatic rings. The highest BCUT2D eigenvalue weighted by molar-refractivity contribution is 5.95. The third-order valence-electron chi connectivity index (χ3n) is 6.78. The molecule has 2 aromatic heterocycles. The molecule has 1 aromatic carbocycles. The molecule has 0 spiro atoms. The van der Waals surface area contributed by atoms with Crippen molar-refractivity contribution in [3.05, 3.63) is 78.0 Å². The number of aromatic nitrogens is 2. The zero-order valence-electron chi connectivity index (χ0n) is 19.8. The molecule has 7 nitrogen and oxygen atoms in total. The number of hydrogen-bond donors (Lipinski definition) is 2.